The lowest BCUT2D eigenvalue weighted by Gasteiger charge is -2.31. The van der Waals surface area contributed by atoms with Gasteiger partial charge >= 0.3 is 0 Å². The average Bonchev–Trinajstić information content (AvgIpc) is 2.86. The van der Waals surface area contributed by atoms with Crippen LogP contribution in [0, 0.1) is 0 Å². The molecule has 0 amide bonds. The Kier molecular flexibility index (Phi) is 5.72. The molecule has 0 aliphatic heterocycles. The quantitative estimate of drug-likeness (QED) is 0.858. The summed E-state index contributed by atoms with van der Waals surface area (Å²) in [6.07, 6.45) is 4.67. The van der Waals surface area contributed by atoms with Crippen LogP contribution in [0.1, 0.15) is 29.8 Å². The highest BCUT2D eigenvalue weighted by Gasteiger charge is 2.24. The lowest BCUT2D eigenvalue weighted by molar-refractivity contribution is 0.205. The van der Waals surface area contributed by atoms with Crippen LogP contribution in [-0.2, 0) is 6.54 Å². The van der Waals surface area contributed by atoms with Gasteiger partial charge in [0.15, 0.2) is 0 Å². The van der Waals surface area contributed by atoms with Crippen molar-refractivity contribution in [2.45, 2.75) is 32.0 Å². The monoisotopic (exact) mass is 353 g/mol. The number of pyridine rings is 1. The molecule has 0 aromatic carbocycles. The van der Waals surface area contributed by atoms with Crippen molar-refractivity contribution in [2.24, 2.45) is 5.73 Å². The van der Waals surface area contributed by atoms with Crippen molar-refractivity contribution in [3.63, 3.8) is 0 Å². The van der Waals surface area contributed by atoms with Crippen LogP contribution in [0.3, 0.4) is 0 Å². The predicted octanol–water partition coefficient (Wildman–Crippen LogP) is 3.82. The first-order valence-corrected chi connectivity index (χ1v) is 8.32. The number of nitrogens with two attached hydrogens (primary N) is 1. The Labute approximate surface area is 133 Å². The van der Waals surface area contributed by atoms with Gasteiger partial charge in [0, 0.05) is 29.9 Å². The molecule has 0 fully saturated rings. The molecule has 2 aromatic heterocycles. The molecule has 3 nitrogen and oxygen atoms in total. The molecule has 108 valence electrons. The van der Waals surface area contributed by atoms with E-state index in [9.17, 15) is 0 Å². The van der Waals surface area contributed by atoms with E-state index in [0.717, 1.165) is 16.8 Å². The SMILES string of the molecule is CCC(N)C(c1ccc(Br)s1)N(C)Cc1cccnc1. The van der Waals surface area contributed by atoms with Crippen molar-refractivity contribution in [3.05, 3.63) is 50.9 Å². The van der Waals surface area contributed by atoms with Crippen LogP contribution < -0.4 is 5.73 Å². The normalized spacial score (nSPS) is 14.4. The summed E-state index contributed by atoms with van der Waals surface area (Å²) in [6, 6.07) is 8.68. The van der Waals surface area contributed by atoms with Crippen LogP contribution in [-0.4, -0.2) is 23.0 Å². The summed E-state index contributed by atoms with van der Waals surface area (Å²) in [5.41, 5.74) is 7.55. The number of rotatable bonds is 6. The molecule has 2 rings (SSSR count). The molecule has 0 bridgehead atoms. The van der Waals surface area contributed by atoms with Crippen molar-refractivity contribution >= 4 is 27.3 Å². The van der Waals surface area contributed by atoms with E-state index in [1.54, 1.807) is 17.5 Å². The lowest BCUT2D eigenvalue weighted by Crippen LogP contribution is -2.38. The highest BCUT2D eigenvalue weighted by atomic mass is 79.9. The van der Waals surface area contributed by atoms with Crippen LogP contribution in [0.4, 0.5) is 0 Å². The van der Waals surface area contributed by atoms with Crippen molar-refractivity contribution in [2.75, 3.05) is 7.05 Å². The number of hydrogen-bond donors (Lipinski definition) is 1. The van der Waals surface area contributed by atoms with Crippen LogP contribution in [0.15, 0.2) is 40.4 Å². The molecule has 0 saturated heterocycles. The second-order valence-corrected chi connectivity index (χ2v) is 7.43. The fourth-order valence-corrected chi connectivity index (χ4v) is 4.01. The number of likely N-dealkylation sites (N-methyl/N-ethyl adjacent to an activating group) is 1. The van der Waals surface area contributed by atoms with Gasteiger partial charge in [0.25, 0.3) is 0 Å². The maximum Gasteiger partial charge on any atom is 0.0702 e. The Morgan fingerprint density at radius 1 is 1.40 bits per heavy atom. The zero-order valence-electron chi connectivity index (χ0n) is 11.8. The van der Waals surface area contributed by atoms with Gasteiger partial charge in [-0.05, 0) is 53.2 Å². The smallest absolute Gasteiger partial charge is 0.0702 e. The van der Waals surface area contributed by atoms with Crippen molar-refractivity contribution in [1.82, 2.24) is 9.88 Å². The summed E-state index contributed by atoms with van der Waals surface area (Å²) < 4.78 is 1.15. The second kappa shape index (κ2) is 7.31. The van der Waals surface area contributed by atoms with Gasteiger partial charge in [-0.2, -0.15) is 0 Å². The minimum absolute atomic E-state index is 0.127. The molecule has 2 aromatic rings. The topological polar surface area (TPSA) is 42.1 Å². The van der Waals surface area contributed by atoms with Crippen LogP contribution >= 0.6 is 27.3 Å². The van der Waals surface area contributed by atoms with Gasteiger partial charge in [0.2, 0.25) is 0 Å². The van der Waals surface area contributed by atoms with E-state index in [4.69, 9.17) is 5.73 Å². The highest BCUT2D eigenvalue weighted by Crippen LogP contribution is 2.33. The molecule has 0 aliphatic rings. The van der Waals surface area contributed by atoms with Gasteiger partial charge in [-0.1, -0.05) is 13.0 Å². The Hall–Kier alpha value is -0.750. The minimum Gasteiger partial charge on any atom is -0.326 e. The summed E-state index contributed by atoms with van der Waals surface area (Å²) in [6.45, 7) is 2.99. The van der Waals surface area contributed by atoms with Crippen LogP contribution in [0.25, 0.3) is 0 Å². The molecular weight excluding hydrogens is 334 g/mol. The number of nitrogens with zero attached hydrogens (tertiary/aromatic N) is 2. The Bertz CT molecular complexity index is 529. The van der Waals surface area contributed by atoms with E-state index < -0.39 is 0 Å². The summed E-state index contributed by atoms with van der Waals surface area (Å²) in [4.78, 5) is 7.79. The molecule has 20 heavy (non-hydrogen) atoms. The van der Waals surface area contributed by atoms with Gasteiger partial charge in [0.1, 0.15) is 0 Å². The molecule has 2 N–H and O–H groups in total. The highest BCUT2D eigenvalue weighted by molar-refractivity contribution is 9.11. The van der Waals surface area contributed by atoms with Crippen LogP contribution in [0.5, 0.6) is 0 Å². The van der Waals surface area contributed by atoms with Gasteiger partial charge in [-0.3, -0.25) is 9.88 Å². The van der Waals surface area contributed by atoms with E-state index in [-0.39, 0.29) is 12.1 Å². The molecule has 0 spiro atoms. The number of halogens is 1. The zero-order chi connectivity index (χ0) is 14.5. The van der Waals surface area contributed by atoms with E-state index >= 15 is 0 Å². The van der Waals surface area contributed by atoms with Gasteiger partial charge < -0.3 is 5.73 Å². The molecule has 0 radical (unpaired) electrons. The number of thiophene rings is 1. The predicted molar refractivity (Wildman–Crippen MR) is 88.7 cm³/mol. The van der Waals surface area contributed by atoms with E-state index in [0.29, 0.717) is 0 Å². The minimum atomic E-state index is 0.127. The third-order valence-electron chi connectivity index (χ3n) is 3.39. The fraction of sp³-hybridized carbons (Fsp3) is 0.400. The lowest BCUT2D eigenvalue weighted by atomic mass is 10.0. The molecule has 0 aliphatic carbocycles. The largest absolute Gasteiger partial charge is 0.326 e. The first-order valence-electron chi connectivity index (χ1n) is 6.71. The zero-order valence-corrected chi connectivity index (χ0v) is 14.2. The van der Waals surface area contributed by atoms with Gasteiger partial charge in [-0.15, -0.1) is 11.3 Å². The third-order valence-corrected chi connectivity index (χ3v) is 5.09. The summed E-state index contributed by atoms with van der Waals surface area (Å²) in [5, 5.41) is 0. The first-order chi connectivity index (χ1) is 9.61. The Morgan fingerprint density at radius 3 is 2.75 bits per heavy atom. The molecule has 2 atom stereocenters. The van der Waals surface area contributed by atoms with Crippen molar-refractivity contribution in [1.29, 1.82) is 0 Å². The van der Waals surface area contributed by atoms with E-state index in [2.05, 4.69) is 58.0 Å². The fourth-order valence-electron chi connectivity index (χ4n) is 2.34. The van der Waals surface area contributed by atoms with Crippen LogP contribution in [0.2, 0.25) is 0 Å². The molecule has 5 heteroatoms. The first kappa shape index (κ1) is 15.6. The molecule has 2 heterocycles. The van der Waals surface area contributed by atoms with E-state index in [1.807, 2.05) is 12.3 Å². The molecule has 2 unspecified atom stereocenters. The van der Waals surface area contributed by atoms with Crippen molar-refractivity contribution < 1.29 is 0 Å². The Balaban J connectivity index is 2.18. The number of hydrogen-bond acceptors (Lipinski definition) is 4. The molecule has 0 saturated carbocycles. The standard InChI is InChI=1S/C15H20BrN3S/c1-3-12(17)15(13-6-7-14(16)20-13)19(2)10-11-5-4-8-18-9-11/h4-9,12,15H,3,10,17H2,1-2H3. The molecular formula is C15H20BrN3S. The average molecular weight is 354 g/mol. The maximum absolute atomic E-state index is 6.35. The van der Waals surface area contributed by atoms with E-state index in [1.165, 1.54) is 10.4 Å². The third kappa shape index (κ3) is 3.88. The second-order valence-electron chi connectivity index (χ2n) is 4.94. The Morgan fingerprint density at radius 2 is 2.20 bits per heavy atom. The van der Waals surface area contributed by atoms with Gasteiger partial charge in [0.05, 0.1) is 9.83 Å². The number of aromatic nitrogens is 1. The van der Waals surface area contributed by atoms with Gasteiger partial charge in [-0.25, -0.2) is 0 Å². The summed E-state index contributed by atoms with van der Waals surface area (Å²) in [7, 11) is 2.13. The van der Waals surface area contributed by atoms with Crippen molar-refractivity contribution in [3.8, 4) is 0 Å². The maximum atomic E-state index is 6.35. The summed E-state index contributed by atoms with van der Waals surface area (Å²) >= 11 is 5.29. The summed E-state index contributed by atoms with van der Waals surface area (Å²) in [5.74, 6) is 0.